The predicted octanol–water partition coefficient (Wildman–Crippen LogP) is 2.03. The molecule has 1 aromatic carbocycles. The molecule has 0 saturated heterocycles. The molecular formula is C12H14F3NO4S. The molecule has 0 saturated carbocycles. The number of hydrogen-bond donors (Lipinski definition) is 2. The van der Waals surface area contributed by atoms with E-state index in [1.54, 1.807) is 0 Å². The smallest absolute Gasteiger partial charge is 0.303 e. The average molecular weight is 325 g/mol. The van der Waals surface area contributed by atoms with E-state index < -0.39 is 43.9 Å². The molecule has 0 aromatic heterocycles. The van der Waals surface area contributed by atoms with Crippen LogP contribution in [0.15, 0.2) is 17.0 Å². The van der Waals surface area contributed by atoms with Crippen LogP contribution in [0.5, 0.6) is 0 Å². The van der Waals surface area contributed by atoms with Crippen LogP contribution in [0.2, 0.25) is 0 Å². The van der Waals surface area contributed by atoms with Crippen molar-refractivity contribution in [1.82, 2.24) is 4.72 Å². The number of carboxylic acids is 1. The number of rotatable bonds is 6. The van der Waals surface area contributed by atoms with Crippen molar-refractivity contribution in [2.24, 2.45) is 0 Å². The van der Waals surface area contributed by atoms with Crippen molar-refractivity contribution in [3.63, 3.8) is 0 Å². The van der Waals surface area contributed by atoms with Crippen LogP contribution in [0.3, 0.4) is 0 Å². The molecule has 0 aliphatic carbocycles. The van der Waals surface area contributed by atoms with Crippen LogP contribution in [-0.4, -0.2) is 25.0 Å². The first-order valence-corrected chi connectivity index (χ1v) is 7.34. The van der Waals surface area contributed by atoms with Crippen molar-refractivity contribution >= 4 is 16.0 Å². The number of benzene rings is 1. The van der Waals surface area contributed by atoms with Crippen LogP contribution in [-0.2, 0) is 14.8 Å². The Labute approximate surface area is 119 Å². The van der Waals surface area contributed by atoms with Gasteiger partial charge in [0.25, 0.3) is 0 Å². The fourth-order valence-corrected chi connectivity index (χ4v) is 3.12. The first-order valence-electron chi connectivity index (χ1n) is 5.85. The summed E-state index contributed by atoms with van der Waals surface area (Å²) in [5.74, 6) is -6.34. The van der Waals surface area contributed by atoms with E-state index >= 15 is 0 Å². The van der Waals surface area contributed by atoms with Gasteiger partial charge in [-0.15, -0.1) is 0 Å². The zero-order chi connectivity index (χ0) is 16.4. The van der Waals surface area contributed by atoms with Crippen LogP contribution in [0, 0.1) is 17.5 Å². The predicted molar refractivity (Wildman–Crippen MR) is 67.6 cm³/mol. The molecule has 0 amide bonds. The van der Waals surface area contributed by atoms with Crippen molar-refractivity contribution in [3.8, 4) is 0 Å². The summed E-state index contributed by atoms with van der Waals surface area (Å²) in [6, 6.07) is 1.10. The lowest BCUT2D eigenvalue weighted by Gasteiger charge is -2.25. The van der Waals surface area contributed by atoms with Crippen LogP contribution in [0.25, 0.3) is 0 Å². The summed E-state index contributed by atoms with van der Waals surface area (Å²) in [6.45, 7) is 2.79. The zero-order valence-corrected chi connectivity index (χ0v) is 12.1. The fourth-order valence-electron chi connectivity index (χ4n) is 1.60. The minimum absolute atomic E-state index is 0.0626. The van der Waals surface area contributed by atoms with Crippen molar-refractivity contribution in [2.45, 2.75) is 37.1 Å². The van der Waals surface area contributed by atoms with Crippen molar-refractivity contribution in [2.75, 3.05) is 0 Å². The lowest BCUT2D eigenvalue weighted by molar-refractivity contribution is -0.137. The summed E-state index contributed by atoms with van der Waals surface area (Å²) in [5.41, 5.74) is -1.20. The van der Waals surface area contributed by atoms with E-state index in [0.717, 1.165) is 0 Å². The number of hydrogen-bond acceptors (Lipinski definition) is 3. The maximum absolute atomic E-state index is 13.5. The maximum atomic E-state index is 13.5. The molecule has 2 N–H and O–H groups in total. The summed E-state index contributed by atoms with van der Waals surface area (Å²) in [7, 11) is -4.46. The van der Waals surface area contributed by atoms with E-state index in [4.69, 9.17) is 5.11 Å². The summed E-state index contributed by atoms with van der Waals surface area (Å²) >= 11 is 0. The Morgan fingerprint density at radius 1 is 1.24 bits per heavy atom. The lowest BCUT2D eigenvalue weighted by atomic mass is 10.0. The van der Waals surface area contributed by atoms with Gasteiger partial charge in [-0.05, 0) is 32.4 Å². The van der Waals surface area contributed by atoms with Crippen LogP contribution in [0.4, 0.5) is 13.2 Å². The number of carbonyl (C=O) groups is 1. The van der Waals surface area contributed by atoms with E-state index in [1.807, 2.05) is 0 Å². The fraction of sp³-hybridized carbons (Fsp3) is 0.417. The Balaban J connectivity index is 3.07. The highest BCUT2D eigenvalue weighted by molar-refractivity contribution is 7.89. The molecular weight excluding hydrogens is 311 g/mol. The monoisotopic (exact) mass is 325 g/mol. The van der Waals surface area contributed by atoms with E-state index in [1.165, 1.54) is 13.8 Å². The third-order valence-electron chi connectivity index (χ3n) is 2.66. The van der Waals surface area contributed by atoms with Gasteiger partial charge in [-0.3, -0.25) is 4.79 Å². The topological polar surface area (TPSA) is 83.5 Å². The van der Waals surface area contributed by atoms with Gasteiger partial charge in [0.05, 0.1) is 0 Å². The molecule has 0 unspecified atom stereocenters. The van der Waals surface area contributed by atoms with Crippen molar-refractivity contribution < 1.29 is 31.5 Å². The molecule has 21 heavy (non-hydrogen) atoms. The second-order valence-corrected chi connectivity index (χ2v) is 6.71. The molecule has 0 bridgehead atoms. The van der Waals surface area contributed by atoms with Gasteiger partial charge in [-0.2, -0.15) is 0 Å². The van der Waals surface area contributed by atoms with Crippen LogP contribution < -0.4 is 4.72 Å². The summed E-state index contributed by atoms with van der Waals surface area (Å²) in [5, 5.41) is 8.57. The van der Waals surface area contributed by atoms with E-state index in [2.05, 4.69) is 4.72 Å². The second kappa shape index (κ2) is 6.02. The SMILES string of the molecule is CC(C)(CCC(=O)O)NS(=O)(=O)c1ccc(F)c(F)c1F. The van der Waals surface area contributed by atoms with Crippen molar-refractivity contribution in [1.29, 1.82) is 0 Å². The third kappa shape index (κ3) is 4.43. The van der Waals surface area contributed by atoms with Gasteiger partial charge < -0.3 is 5.11 Å². The normalized spacial score (nSPS) is 12.4. The quantitative estimate of drug-likeness (QED) is 0.784. The highest BCUT2D eigenvalue weighted by Crippen LogP contribution is 2.22. The molecule has 9 heteroatoms. The molecule has 0 radical (unpaired) electrons. The first kappa shape index (κ1) is 17.4. The average Bonchev–Trinajstić information content (AvgIpc) is 2.32. The molecule has 0 heterocycles. The summed E-state index contributed by atoms with van der Waals surface area (Å²) < 4.78 is 65.5. The number of nitrogens with one attached hydrogen (secondary N) is 1. The van der Waals surface area contributed by atoms with E-state index in [9.17, 15) is 26.4 Å². The van der Waals surface area contributed by atoms with Gasteiger partial charge in [-0.25, -0.2) is 26.3 Å². The Hall–Kier alpha value is -1.61. The Morgan fingerprint density at radius 2 is 1.81 bits per heavy atom. The molecule has 0 aliphatic heterocycles. The van der Waals surface area contributed by atoms with Gasteiger partial charge in [0.2, 0.25) is 10.0 Å². The third-order valence-corrected chi connectivity index (χ3v) is 4.38. The second-order valence-electron chi connectivity index (χ2n) is 5.06. The molecule has 0 spiro atoms. The number of halogens is 3. The standard InChI is InChI=1S/C12H14F3NO4S/c1-12(2,6-5-9(17)18)16-21(19,20)8-4-3-7(13)10(14)11(8)15/h3-4,16H,5-6H2,1-2H3,(H,17,18). The minimum atomic E-state index is -4.46. The van der Waals surface area contributed by atoms with Gasteiger partial charge in [0.15, 0.2) is 17.5 Å². The zero-order valence-electron chi connectivity index (χ0n) is 11.3. The van der Waals surface area contributed by atoms with Gasteiger partial charge in [-0.1, -0.05) is 0 Å². The first-order chi connectivity index (χ1) is 9.46. The van der Waals surface area contributed by atoms with Gasteiger partial charge in [0.1, 0.15) is 4.90 Å². The molecule has 0 atom stereocenters. The summed E-state index contributed by atoms with van der Waals surface area (Å²) in [4.78, 5) is 9.45. The number of carboxylic acid groups (broad SMARTS) is 1. The molecule has 0 aliphatic rings. The van der Waals surface area contributed by atoms with Crippen LogP contribution in [0.1, 0.15) is 26.7 Å². The molecule has 1 rings (SSSR count). The Kier molecular flexibility index (Phi) is 5.00. The van der Waals surface area contributed by atoms with Crippen molar-refractivity contribution in [3.05, 3.63) is 29.6 Å². The van der Waals surface area contributed by atoms with Gasteiger partial charge in [0, 0.05) is 12.0 Å². The van der Waals surface area contributed by atoms with E-state index in [-0.39, 0.29) is 12.8 Å². The minimum Gasteiger partial charge on any atom is -0.481 e. The Morgan fingerprint density at radius 3 is 2.33 bits per heavy atom. The van der Waals surface area contributed by atoms with E-state index in [0.29, 0.717) is 12.1 Å². The number of aliphatic carboxylic acids is 1. The maximum Gasteiger partial charge on any atom is 0.303 e. The highest BCUT2D eigenvalue weighted by Gasteiger charge is 2.30. The molecule has 0 fully saturated rings. The number of sulfonamides is 1. The highest BCUT2D eigenvalue weighted by atomic mass is 32.2. The molecule has 118 valence electrons. The molecule has 5 nitrogen and oxygen atoms in total. The van der Waals surface area contributed by atoms with Crippen LogP contribution >= 0.6 is 0 Å². The summed E-state index contributed by atoms with van der Waals surface area (Å²) in [6.07, 6.45) is -0.372. The molecule has 1 aromatic rings. The Bertz CT molecular complexity index is 659. The lowest BCUT2D eigenvalue weighted by Crippen LogP contribution is -2.43. The van der Waals surface area contributed by atoms with Gasteiger partial charge >= 0.3 is 5.97 Å². The largest absolute Gasteiger partial charge is 0.481 e.